The lowest BCUT2D eigenvalue weighted by atomic mass is 9.84. The van der Waals surface area contributed by atoms with E-state index in [1.54, 1.807) is 0 Å². The van der Waals surface area contributed by atoms with E-state index in [0.717, 1.165) is 6.08 Å². The first-order chi connectivity index (χ1) is 17.7. The van der Waals surface area contributed by atoms with Crippen LogP contribution in [0.3, 0.4) is 0 Å². The van der Waals surface area contributed by atoms with E-state index >= 15 is 0 Å². The van der Waals surface area contributed by atoms with Crippen molar-refractivity contribution in [1.82, 2.24) is 0 Å². The molecule has 0 aliphatic carbocycles. The zero-order chi connectivity index (χ0) is 28.4. The van der Waals surface area contributed by atoms with Crippen LogP contribution in [-0.4, -0.2) is 143 Å². The summed E-state index contributed by atoms with van der Waals surface area (Å²) in [6, 6.07) is 0. The predicted molar refractivity (Wildman–Crippen MR) is 117 cm³/mol. The van der Waals surface area contributed by atoms with Gasteiger partial charge in [0, 0.05) is 11.8 Å². The van der Waals surface area contributed by atoms with Crippen molar-refractivity contribution in [3.05, 3.63) is 11.8 Å². The first-order valence-corrected chi connectivity index (χ1v) is 12.9. The van der Waals surface area contributed by atoms with E-state index in [0.29, 0.717) is 0 Å². The lowest BCUT2D eigenvalue weighted by Gasteiger charge is -2.43. The number of carboxylic acid groups (broad SMARTS) is 1. The number of hydrogen-bond acceptors (Lipinski definition) is 15. The molecule has 0 aromatic rings. The fraction of sp³-hybridized carbons (Fsp3) is 0.850. The molecule has 0 aromatic heterocycles. The highest BCUT2D eigenvalue weighted by molar-refractivity contribution is 7.80. The standard InChI is InChI=1S/C20H32O17S/c1-7-13(23)17(37-38(29,30)31)16(26)20(35-7)34-6-9-8(4-32-12(3-21)14(9)24)5-33-19-15(25)10(22)2-11(36-19)18(27)28/h2,7-10,12-17,19-26H,3-6H2,1H3,(H,27,28)(H,29,30,31). The highest BCUT2D eigenvalue weighted by Crippen LogP contribution is 2.31. The Morgan fingerprint density at radius 3 is 2.29 bits per heavy atom. The van der Waals surface area contributed by atoms with E-state index in [1.165, 1.54) is 6.92 Å². The molecular weight excluding hydrogens is 544 g/mol. The molecule has 8 N–H and O–H groups in total. The topological polar surface area (TPSA) is 268 Å². The Balaban J connectivity index is 1.69. The maximum Gasteiger partial charge on any atom is 0.397 e. The van der Waals surface area contributed by atoms with Crippen molar-refractivity contribution in [2.24, 2.45) is 11.8 Å². The third-order valence-electron chi connectivity index (χ3n) is 6.48. The molecule has 0 saturated carbocycles. The van der Waals surface area contributed by atoms with Crippen LogP contribution >= 0.6 is 0 Å². The number of carbonyl (C=O) groups is 1. The van der Waals surface area contributed by atoms with Gasteiger partial charge in [-0.25, -0.2) is 8.98 Å². The predicted octanol–water partition coefficient (Wildman–Crippen LogP) is -4.29. The zero-order valence-corrected chi connectivity index (χ0v) is 20.8. The minimum atomic E-state index is -5.06. The van der Waals surface area contributed by atoms with Crippen molar-refractivity contribution in [2.75, 3.05) is 26.4 Å². The summed E-state index contributed by atoms with van der Waals surface area (Å²) in [6.45, 7) is -0.0537. The van der Waals surface area contributed by atoms with Gasteiger partial charge in [-0.2, -0.15) is 8.42 Å². The van der Waals surface area contributed by atoms with Gasteiger partial charge in [0.25, 0.3) is 0 Å². The van der Waals surface area contributed by atoms with Gasteiger partial charge < -0.3 is 59.4 Å². The molecule has 3 aliphatic rings. The molecule has 2 fully saturated rings. The van der Waals surface area contributed by atoms with Crippen molar-refractivity contribution >= 4 is 16.4 Å². The second kappa shape index (κ2) is 12.8. The number of aliphatic hydroxyl groups is 6. The number of aliphatic hydroxyl groups excluding tert-OH is 6. The van der Waals surface area contributed by atoms with Crippen LogP contribution in [0.5, 0.6) is 0 Å². The Morgan fingerprint density at radius 1 is 1.03 bits per heavy atom. The summed E-state index contributed by atoms with van der Waals surface area (Å²) in [6.07, 6.45) is -14.5. The Labute approximate surface area is 216 Å². The molecule has 12 atom stereocenters. The minimum absolute atomic E-state index is 0.110. The molecule has 3 rings (SSSR count). The van der Waals surface area contributed by atoms with Crippen LogP contribution in [-0.2, 0) is 43.1 Å². The lowest BCUT2D eigenvalue weighted by molar-refractivity contribution is -0.298. The van der Waals surface area contributed by atoms with E-state index in [9.17, 15) is 43.9 Å². The van der Waals surface area contributed by atoms with Gasteiger partial charge in [0.1, 0.15) is 36.6 Å². The second-order valence-electron chi connectivity index (χ2n) is 9.12. The fourth-order valence-electron chi connectivity index (χ4n) is 4.31. The lowest BCUT2D eigenvalue weighted by Crippen LogP contribution is -2.59. The molecule has 0 bridgehead atoms. The number of aliphatic carboxylic acids is 1. The molecule has 0 amide bonds. The van der Waals surface area contributed by atoms with Gasteiger partial charge in [-0.15, -0.1) is 0 Å². The molecule has 12 unspecified atom stereocenters. The van der Waals surface area contributed by atoms with Crippen LogP contribution in [0.4, 0.5) is 0 Å². The third-order valence-corrected chi connectivity index (χ3v) is 6.94. The first kappa shape index (κ1) is 31.0. The summed E-state index contributed by atoms with van der Waals surface area (Å²) in [7, 11) is -5.06. The molecule has 3 heterocycles. The molecule has 0 spiro atoms. The quantitative estimate of drug-likeness (QED) is 0.114. The summed E-state index contributed by atoms with van der Waals surface area (Å²) in [4.78, 5) is 11.2. The summed E-state index contributed by atoms with van der Waals surface area (Å²) in [5.74, 6) is -3.76. The molecule has 3 aliphatic heterocycles. The number of hydrogen-bond donors (Lipinski definition) is 8. The van der Waals surface area contributed by atoms with Gasteiger partial charge in [-0.05, 0) is 13.0 Å². The van der Waals surface area contributed by atoms with E-state index in [-0.39, 0.29) is 13.2 Å². The molecule has 0 radical (unpaired) electrons. The van der Waals surface area contributed by atoms with Crippen LogP contribution in [0.25, 0.3) is 0 Å². The molecule has 18 heteroatoms. The van der Waals surface area contributed by atoms with Gasteiger partial charge in [-0.3, -0.25) is 4.55 Å². The van der Waals surface area contributed by atoms with Crippen LogP contribution in [0.15, 0.2) is 11.8 Å². The highest BCUT2D eigenvalue weighted by atomic mass is 32.3. The summed E-state index contributed by atoms with van der Waals surface area (Å²) in [5, 5.41) is 69.9. The highest BCUT2D eigenvalue weighted by Gasteiger charge is 2.48. The van der Waals surface area contributed by atoms with Crippen molar-refractivity contribution in [3.8, 4) is 0 Å². The average Bonchev–Trinajstić information content (AvgIpc) is 2.84. The monoisotopic (exact) mass is 576 g/mol. The van der Waals surface area contributed by atoms with Crippen molar-refractivity contribution in [1.29, 1.82) is 0 Å². The molecule has 0 aromatic carbocycles. The van der Waals surface area contributed by atoms with Gasteiger partial charge >= 0.3 is 16.4 Å². The summed E-state index contributed by atoms with van der Waals surface area (Å²) >= 11 is 0. The molecule has 38 heavy (non-hydrogen) atoms. The van der Waals surface area contributed by atoms with Crippen molar-refractivity contribution in [2.45, 2.75) is 68.3 Å². The SMILES string of the molecule is CC1OC(OCC2C(COC3OC(C(=O)O)=CC(O)C3O)COC(CO)C2O)C(O)C(OS(=O)(=O)O)C1O. The van der Waals surface area contributed by atoms with Gasteiger partial charge in [0.15, 0.2) is 6.29 Å². The van der Waals surface area contributed by atoms with Gasteiger partial charge in [0.05, 0.1) is 38.6 Å². The Hall–Kier alpha value is -1.52. The maximum absolute atomic E-state index is 11.2. The zero-order valence-electron chi connectivity index (χ0n) is 20.0. The molecule has 2 saturated heterocycles. The Kier molecular flexibility index (Phi) is 10.4. The van der Waals surface area contributed by atoms with Gasteiger partial charge in [0.2, 0.25) is 12.0 Å². The number of carboxylic acids is 1. The van der Waals surface area contributed by atoms with E-state index in [1.807, 2.05) is 0 Å². The van der Waals surface area contributed by atoms with Crippen molar-refractivity contribution < 1.29 is 81.4 Å². The number of ether oxygens (including phenoxy) is 5. The van der Waals surface area contributed by atoms with Crippen LogP contribution in [0.2, 0.25) is 0 Å². The fourth-order valence-corrected chi connectivity index (χ4v) is 4.82. The van der Waals surface area contributed by atoms with Crippen molar-refractivity contribution in [3.63, 3.8) is 0 Å². The largest absolute Gasteiger partial charge is 0.475 e. The minimum Gasteiger partial charge on any atom is -0.475 e. The summed E-state index contributed by atoms with van der Waals surface area (Å²) in [5.41, 5.74) is 0. The first-order valence-electron chi connectivity index (χ1n) is 11.5. The van der Waals surface area contributed by atoms with Gasteiger partial charge in [-0.1, -0.05) is 0 Å². The summed E-state index contributed by atoms with van der Waals surface area (Å²) < 4.78 is 62.5. The van der Waals surface area contributed by atoms with E-state index in [4.69, 9.17) is 33.3 Å². The molecule has 17 nitrogen and oxygen atoms in total. The number of rotatable bonds is 10. The maximum atomic E-state index is 11.2. The second-order valence-corrected chi connectivity index (χ2v) is 10.2. The van der Waals surface area contributed by atoms with Crippen LogP contribution in [0.1, 0.15) is 6.92 Å². The average molecular weight is 577 g/mol. The van der Waals surface area contributed by atoms with Crippen LogP contribution < -0.4 is 0 Å². The normalized spacial score (nSPS) is 42.3. The smallest absolute Gasteiger partial charge is 0.397 e. The molecule has 220 valence electrons. The molecular formula is C20H32O17S. The van der Waals surface area contributed by atoms with E-state index in [2.05, 4.69) is 4.18 Å². The third kappa shape index (κ3) is 7.36. The van der Waals surface area contributed by atoms with E-state index < -0.39 is 109 Å². The van der Waals surface area contributed by atoms with Crippen LogP contribution in [0, 0.1) is 11.8 Å². The Morgan fingerprint density at radius 2 is 1.68 bits per heavy atom. The Bertz CT molecular complexity index is 942.